The van der Waals surface area contributed by atoms with E-state index in [1.165, 1.54) is 4.90 Å². The van der Waals surface area contributed by atoms with Gasteiger partial charge >= 0.3 is 0 Å². The van der Waals surface area contributed by atoms with E-state index in [1.54, 1.807) is 45.2 Å². The van der Waals surface area contributed by atoms with Crippen molar-refractivity contribution < 1.29 is 19.1 Å². The maximum absolute atomic E-state index is 13.3. The minimum Gasteiger partial charge on any atom is -0.481 e. The second-order valence-corrected chi connectivity index (χ2v) is 8.47. The average Bonchev–Trinajstić information content (AvgIpc) is 3.00. The molecule has 0 unspecified atom stereocenters. The van der Waals surface area contributed by atoms with Gasteiger partial charge in [0.05, 0.1) is 11.4 Å². The molecular formula is C28H28N4O4. The molecule has 36 heavy (non-hydrogen) atoms. The Morgan fingerprint density at radius 2 is 1.50 bits per heavy atom. The van der Waals surface area contributed by atoms with Gasteiger partial charge in [0.1, 0.15) is 11.8 Å². The van der Waals surface area contributed by atoms with E-state index in [1.807, 2.05) is 60.7 Å². The molecular weight excluding hydrogens is 456 g/mol. The summed E-state index contributed by atoms with van der Waals surface area (Å²) in [6, 6.07) is 25.0. The van der Waals surface area contributed by atoms with E-state index < -0.39 is 30.1 Å². The quantitative estimate of drug-likeness (QED) is 0.539. The van der Waals surface area contributed by atoms with Crippen LogP contribution < -0.4 is 20.3 Å². The van der Waals surface area contributed by atoms with Crippen LogP contribution in [-0.2, 0) is 14.4 Å². The van der Waals surface area contributed by atoms with E-state index in [-0.39, 0.29) is 5.91 Å². The Hall–Kier alpha value is -4.46. The van der Waals surface area contributed by atoms with Crippen LogP contribution in [0.1, 0.15) is 25.0 Å². The lowest BCUT2D eigenvalue weighted by molar-refractivity contribution is -0.133. The predicted molar refractivity (Wildman–Crippen MR) is 138 cm³/mol. The molecule has 1 heterocycles. The average molecular weight is 485 g/mol. The van der Waals surface area contributed by atoms with Gasteiger partial charge in [-0.15, -0.1) is 0 Å². The van der Waals surface area contributed by atoms with Crippen LogP contribution in [0.4, 0.5) is 5.69 Å². The number of carbonyl (C=O) groups excluding carboxylic acids is 3. The molecule has 3 aromatic carbocycles. The first kappa shape index (κ1) is 24.7. The van der Waals surface area contributed by atoms with Crippen molar-refractivity contribution in [3.8, 4) is 5.75 Å². The van der Waals surface area contributed by atoms with Gasteiger partial charge in [0, 0.05) is 18.2 Å². The SMILES string of the molecule is C[C@H](NC(=O)[C@@H](C)Oc1ccccc1)C(=O)N[C@H]1N=C(c2ccccc2)c2ccccc2N(C)C1=O. The molecule has 8 heteroatoms. The van der Waals surface area contributed by atoms with Crippen molar-refractivity contribution in [2.24, 2.45) is 4.99 Å². The summed E-state index contributed by atoms with van der Waals surface area (Å²) in [4.78, 5) is 45.0. The number of nitrogens with zero attached hydrogens (tertiary/aromatic N) is 2. The summed E-state index contributed by atoms with van der Waals surface area (Å²) in [7, 11) is 1.65. The lowest BCUT2D eigenvalue weighted by Gasteiger charge is -2.23. The molecule has 4 rings (SSSR count). The third-order valence-electron chi connectivity index (χ3n) is 5.85. The molecule has 0 aromatic heterocycles. The van der Waals surface area contributed by atoms with Crippen LogP contribution in [0.3, 0.4) is 0 Å². The van der Waals surface area contributed by atoms with Gasteiger partial charge in [-0.05, 0) is 32.0 Å². The van der Waals surface area contributed by atoms with Crippen LogP contribution in [0.2, 0.25) is 0 Å². The number of aliphatic imine (C=N–C) groups is 1. The Kier molecular flexibility index (Phi) is 7.44. The van der Waals surface area contributed by atoms with Crippen molar-refractivity contribution in [1.29, 1.82) is 0 Å². The third kappa shape index (κ3) is 5.43. The Morgan fingerprint density at radius 1 is 0.889 bits per heavy atom. The largest absolute Gasteiger partial charge is 0.481 e. The predicted octanol–water partition coefficient (Wildman–Crippen LogP) is 2.91. The zero-order valence-electron chi connectivity index (χ0n) is 20.3. The number of likely N-dealkylation sites (N-methyl/N-ethyl adjacent to an activating group) is 1. The van der Waals surface area contributed by atoms with Crippen LogP contribution in [0.25, 0.3) is 0 Å². The van der Waals surface area contributed by atoms with Gasteiger partial charge in [-0.3, -0.25) is 14.4 Å². The maximum Gasteiger partial charge on any atom is 0.272 e. The second-order valence-electron chi connectivity index (χ2n) is 8.47. The lowest BCUT2D eigenvalue weighted by atomic mass is 10.0. The van der Waals surface area contributed by atoms with E-state index >= 15 is 0 Å². The highest BCUT2D eigenvalue weighted by atomic mass is 16.5. The number of benzodiazepines with no additional fused rings is 1. The zero-order valence-corrected chi connectivity index (χ0v) is 20.3. The van der Waals surface area contributed by atoms with Crippen LogP contribution in [0, 0.1) is 0 Å². The molecule has 0 bridgehead atoms. The smallest absolute Gasteiger partial charge is 0.272 e. The number of amides is 3. The number of anilines is 1. The Labute approximate surface area is 210 Å². The number of rotatable bonds is 7. The van der Waals surface area contributed by atoms with Gasteiger partial charge in [0.2, 0.25) is 12.1 Å². The van der Waals surface area contributed by atoms with Crippen molar-refractivity contribution in [2.45, 2.75) is 32.2 Å². The monoisotopic (exact) mass is 484 g/mol. The molecule has 8 nitrogen and oxygen atoms in total. The van der Waals surface area contributed by atoms with E-state index in [9.17, 15) is 14.4 Å². The summed E-state index contributed by atoms with van der Waals surface area (Å²) in [6.45, 7) is 3.15. The van der Waals surface area contributed by atoms with Crippen LogP contribution in [-0.4, -0.2) is 48.8 Å². The molecule has 3 aromatic rings. The molecule has 3 atom stereocenters. The number of hydrogen-bond acceptors (Lipinski definition) is 5. The van der Waals surface area contributed by atoms with Gasteiger partial charge < -0.3 is 20.3 Å². The second kappa shape index (κ2) is 10.9. The van der Waals surface area contributed by atoms with Gasteiger partial charge in [0.25, 0.3) is 11.8 Å². The molecule has 3 amide bonds. The molecule has 1 aliphatic rings. The summed E-state index contributed by atoms with van der Waals surface area (Å²) in [5, 5.41) is 5.34. The first-order valence-corrected chi connectivity index (χ1v) is 11.7. The van der Waals surface area contributed by atoms with Gasteiger partial charge in [0.15, 0.2) is 6.10 Å². The molecule has 1 aliphatic heterocycles. The molecule has 0 fully saturated rings. The van der Waals surface area contributed by atoms with Crippen LogP contribution in [0.5, 0.6) is 5.75 Å². The van der Waals surface area contributed by atoms with Crippen LogP contribution >= 0.6 is 0 Å². The molecule has 0 saturated heterocycles. The number of benzene rings is 3. The number of ether oxygens (including phenoxy) is 1. The third-order valence-corrected chi connectivity index (χ3v) is 5.85. The minimum absolute atomic E-state index is 0.388. The Balaban J connectivity index is 1.51. The molecule has 0 spiro atoms. The first-order valence-electron chi connectivity index (χ1n) is 11.7. The van der Waals surface area contributed by atoms with E-state index in [4.69, 9.17) is 4.74 Å². The summed E-state index contributed by atoms with van der Waals surface area (Å²) in [5.41, 5.74) is 2.89. The number of nitrogens with one attached hydrogen (secondary N) is 2. The molecule has 184 valence electrons. The topological polar surface area (TPSA) is 100 Å². The molecule has 2 N–H and O–H groups in total. The standard InChI is InChI=1S/C28H28N4O4/c1-18(29-27(34)19(2)36-21-14-8-5-9-15-21)26(33)31-25-28(35)32(3)23-17-11-10-16-22(23)24(30-25)20-12-6-4-7-13-20/h4-19,25H,1-3H3,(H,29,34)(H,31,33)/t18-,19+,25+/m0/s1. The highest BCUT2D eigenvalue weighted by molar-refractivity contribution is 6.20. The highest BCUT2D eigenvalue weighted by Gasteiger charge is 2.32. The summed E-state index contributed by atoms with van der Waals surface area (Å²) in [6.07, 6.45) is -1.98. The number of fused-ring (bicyclic) bond motifs is 1. The van der Waals surface area contributed by atoms with Crippen molar-refractivity contribution in [1.82, 2.24) is 10.6 Å². The molecule has 0 radical (unpaired) electrons. The van der Waals surface area contributed by atoms with Crippen molar-refractivity contribution in [3.63, 3.8) is 0 Å². The van der Waals surface area contributed by atoms with Crippen LogP contribution in [0.15, 0.2) is 89.9 Å². The van der Waals surface area contributed by atoms with Gasteiger partial charge in [-0.25, -0.2) is 4.99 Å². The fourth-order valence-corrected chi connectivity index (χ4v) is 3.86. The zero-order chi connectivity index (χ0) is 25.7. The minimum atomic E-state index is -1.16. The molecule has 0 aliphatic carbocycles. The van der Waals surface area contributed by atoms with Gasteiger partial charge in [-0.1, -0.05) is 66.7 Å². The number of hydrogen-bond donors (Lipinski definition) is 2. The summed E-state index contributed by atoms with van der Waals surface area (Å²) in [5.74, 6) is -0.830. The van der Waals surface area contributed by atoms with Gasteiger partial charge in [-0.2, -0.15) is 0 Å². The van der Waals surface area contributed by atoms with E-state index in [0.29, 0.717) is 17.1 Å². The maximum atomic E-state index is 13.3. The van der Waals surface area contributed by atoms with Crippen molar-refractivity contribution in [3.05, 3.63) is 96.1 Å². The van der Waals surface area contributed by atoms with E-state index in [0.717, 1.165) is 11.1 Å². The Morgan fingerprint density at radius 3 is 2.19 bits per heavy atom. The first-order chi connectivity index (χ1) is 17.3. The summed E-state index contributed by atoms with van der Waals surface area (Å²) < 4.78 is 5.63. The fourth-order valence-electron chi connectivity index (χ4n) is 3.86. The lowest BCUT2D eigenvalue weighted by Crippen LogP contribution is -2.53. The number of carbonyl (C=O) groups is 3. The number of para-hydroxylation sites is 2. The Bertz CT molecular complexity index is 1280. The summed E-state index contributed by atoms with van der Waals surface area (Å²) >= 11 is 0. The van der Waals surface area contributed by atoms with Crippen molar-refractivity contribution in [2.75, 3.05) is 11.9 Å². The normalized spacial score (nSPS) is 16.6. The molecule has 0 saturated carbocycles. The van der Waals surface area contributed by atoms with Crippen molar-refractivity contribution >= 4 is 29.1 Å². The highest BCUT2D eigenvalue weighted by Crippen LogP contribution is 2.27. The fraction of sp³-hybridized carbons (Fsp3) is 0.214. The van der Waals surface area contributed by atoms with E-state index in [2.05, 4.69) is 15.6 Å².